The van der Waals surface area contributed by atoms with Crippen LogP contribution < -0.4 is 4.74 Å². The zero-order valence-electron chi connectivity index (χ0n) is 15.2. The highest BCUT2D eigenvalue weighted by atomic mass is 19.1. The van der Waals surface area contributed by atoms with Gasteiger partial charge >= 0.3 is 0 Å². The average Bonchev–Trinajstić information content (AvgIpc) is 3.31. The van der Waals surface area contributed by atoms with Crippen molar-refractivity contribution in [1.82, 2.24) is 34.6 Å². The first-order valence-corrected chi connectivity index (χ1v) is 9.22. The van der Waals surface area contributed by atoms with Crippen LogP contribution in [-0.2, 0) is 0 Å². The molecular formula is C19H18FN7O. The zero-order valence-corrected chi connectivity index (χ0v) is 15.2. The van der Waals surface area contributed by atoms with Gasteiger partial charge in [0.1, 0.15) is 24.2 Å². The third-order valence-electron chi connectivity index (χ3n) is 5.15. The van der Waals surface area contributed by atoms with Gasteiger partial charge in [0, 0.05) is 17.3 Å². The molecule has 8 nitrogen and oxygen atoms in total. The predicted octanol–water partition coefficient (Wildman–Crippen LogP) is 3.39. The lowest BCUT2D eigenvalue weighted by Crippen LogP contribution is -2.18. The molecule has 28 heavy (non-hydrogen) atoms. The summed E-state index contributed by atoms with van der Waals surface area (Å²) in [5.41, 5.74) is 2.18. The van der Waals surface area contributed by atoms with E-state index in [1.807, 2.05) is 13.1 Å². The van der Waals surface area contributed by atoms with Crippen molar-refractivity contribution in [1.29, 1.82) is 0 Å². The van der Waals surface area contributed by atoms with Crippen LogP contribution in [0.15, 0.2) is 43.1 Å². The van der Waals surface area contributed by atoms with Crippen molar-refractivity contribution < 1.29 is 9.13 Å². The van der Waals surface area contributed by atoms with E-state index in [2.05, 4.69) is 20.4 Å². The molecule has 1 unspecified atom stereocenters. The molecule has 1 saturated carbocycles. The Balaban J connectivity index is 1.62. The Hall–Kier alpha value is -3.36. The number of rotatable bonds is 5. The summed E-state index contributed by atoms with van der Waals surface area (Å²) in [4.78, 5) is 8.65. The molecule has 1 aromatic carbocycles. The maximum atomic E-state index is 14.3. The van der Waals surface area contributed by atoms with Gasteiger partial charge in [0.2, 0.25) is 5.88 Å². The van der Waals surface area contributed by atoms with Crippen LogP contribution in [0.1, 0.15) is 43.9 Å². The van der Waals surface area contributed by atoms with Crippen LogP contribution in [0.4, 0.5) is 4.39 Å². The van der Waals surface area contributed by atoms with Crippen molar-refractivity contribution in [2.45, 2.75) is 38.3 Å². The molecular weight excluding hydrogens is 361 g/mol. The third kappa shape index (κ3) is 2.79. The monoisotopic (exact) mass is 379 g/mol. The van der Waals surface area contributed by atoms with Gasteiger partial charge < -0.3 is 4.74 Å². The highest BCUT2D eigenvalue weighted by Crippen LogP contribution is 2.41. The molecule has 1 fully saturated rings. The number of benzene rings is 1. The van der Waals surface area contributed by atoms with E-state index in [1.165, 1.54) is 18.8 Å². The fraction of sp³-hybridized carbons (Fsp3) is 0.316. The SMILES string of the molecule is CC(Oc1nc2c(-c3ccccc3F)nnn2cc1C1CCC1)n1cncn1. The highest BCUT2D eigenvalue weighted by molar-refractivity contribution is 5.74. The van der Waals surface area contributed by atoms with Gasteiger partial charge in [-0.2, -0.15) is 10.1 Å². The molecule has 0 aliphatic heterocycles. The van der Waals surface area contributed by atoms with E-state index in [9.17, 15) is 4.39 Å². The topological polar surface area (TPSA) is 83.0 Å². The van der Waals surface area contributed by atoms with E-state index in [1.54, 1.807) is 33.7 Å². The lowest BCUT2D eigenvalue weighted by atomic mass is 9.81. The fourth-order valence-corrected chi connectivity index (χ4v) is 3.37. The first-order valence-electron chi connectivity index (χ1n) is 9.22. The molecule has 3 heterocycles. The lowest BCUT2D eigenvalue weighted by Gasteiger charge is -2.27. The van der Waals surface area contributed by atoms with Crippen LogP contribution in [0.3, 0.4) is 0 Å². The number of nitrogens with zero attached hydrogens (tertiary/aromatic N) is 7. The molecule has 0 amide bonds. The van der Waals surface area contributed by atoms with Gasteiger partial charge in [0.05, 0.1) is 0 Å². The maximum absolute atomic E-state index is 14.3. The van der Waals surface area contributed by atoms with E-state index >= 15 is 0 Å². The molecule has 3 aromatic heterocycles. The van der Waals surface area contributed by atoms with Gasteiger partial charge in [-0.1, -0.05) is 23.8 Å². The summed E-state index contributed by atoms with van der Waals surface area (Å²) in [5.74, 6) is 0.504. The summed E-state index contributed by atoms with van der Waals surface area (Å²) in [6.07, 6.45) is 7.90. The number of halogens is 1. The Kier molecular flexibility index (Phi) is 4.00. The minimum atomic E-state index is -0.385. The second kappa shape index (κ2) is 6.66. The van der Waals surface area contributed by atoms with E-state index in [0.717, 1.165) is 18.4 Å². The van der Waals surface area contributed by atoms with E-state index < -0.39 is 0 Å². The highest BCUT2D eigenvalue weighted by Gasteiger charge is 2.27. The van der Waals surface area contributed by atoms with Gasteiger partial charge in [-0.15, -0.1) is 5.10 Å². The minimum absolute atomic E-state index is 0.358. The molecule has 9 heteroatoms. The van der Waals surface area contributed by atoms with Gasteiger partial charge in [-0.3, -0.25) is 0 Å². The first-order chi connectivity index (χ1) is 13.7. The molecule has 142 valence electrons. The standard InChI is InChI=1S/C19H18FN7O/c1-12(27-11-21-10-22-27)28-19-15(13-5-4-6-13)9-26-18(23-19)17(24-25-26)14-7-2-3-8-16(14)20/h2-3,7-13H,4-6H2,1H3. The number of hydrogen-bond donors (Lipinski definition) is 0. The summed E-state index contributed by atoms with van der Waals surface area (Å²) in [5, 5.41) is 12.5. The molecule has 5 rings (SSSR count). The second-order valence-electron chi connectivity index (χ2n) is 6.91. The van der Waals surface area contributed by atoms with Crippen molar-refractivity contribution in [3.05, 3.63) is 54.5 Å². The Morgan fingerprint density at radius 2 is 2.11 bits per heavy atom. The van der Waals surface area contributed by atoms with Crippen molar-refractivity contribution >= 4 is 5.65 Å². The van der Waals surface area contributed by atoms with E-state index in [-0.39, 0.29) is 12.0 Å². The molecule has 0 radical (unpaired) electrons. The van der Waals surface area contributed by atoms with E-state index in [0.29, 0.717) is 28.7 Å². The van der Waals surface area contributed by atoms with Crippen LogP contribution in [-0.4, -0.2) is 34.6 Å². The summed E-state index contributed by atoms with van der Waals surface area (Å²) in [6, 6.07) is 6.46. The molecule has 0 spiro atoms. The third-order valence-corrected chi connectivity index (χ3v) is 5.15. The largest absolute Gasteiger partial charge is 0.452 e. The maximum Gasteiger partial charge on any atom is 0.222 e. The smallest absolute Gasteiger partial charge is 0.222 e. The zero-order chi connectivity index (χ0) is 19.1. The quantitative estimate of drug-likeness (QED) is 0.529. The summed E-state index contributed by atoms with van der Waals surface area (Å²) in [7, 11) is 0. The summed E-state index contributed by atoms with van der Waals surface area (Å²) >= 11 is 0. The average molecular weight is 379 g/mol. The molecule has 1 aliphatic rings. The molecule has 1 aliphatic carbocycles. The van der Waals surface area contributed by atoms with Crippen LogP contribution in [0.25, 0.3) is 16.9 Å². The van der Waals surface area contributed by atoms with Crippen LogP contribution in [0.5, 0.6) is 5.88 Å². The summed E-state index contributed by atoms with van der Waals surface area (Å²) < 4.78 is 23.6. The molecule has 4 aromatic rings. The molecule has 0 N–H and O–H groups in total. The van der Waals surface area contributed by atoms with E-state index in [4.69, 9.17) is 9.72 Å². The normalized spacial score (nSPS) is 15.5. The second-order valence-corrected chi connectivity index (χ2v) is 6.91. The molecule has 1 atom stereocenters. The predicted molar refractivity (Wildman–Crippen MR) is 98.1 cm³/mol. The lowest BCUT2D eigenvalue weighted by molar-refractivity contribution is 0.128. The van der Waals surface area contributed by atoms with Crippen molar-refractivity contribution in [2.24, 2.45) is 0 Å². The van der Waals surface area contributed by atoms with Crippen LogP contribution >= 0.6 is 0 Å². The minimum Gasteiger partial charge on any atom is -0.452 e. The van der Waals surface area contributed by atoms with Crippen molar-refractivity contribution in [3.63, 3.8) is 0 Å². The Labute approximate surface area is 160 Å². The van der Waals surface area contributed by atoms with Crippen molar-refractivity contribution in [2.75, 3.05) is 0 Å². The molecule has 0 bridgehead atoms. The number of ether oxygens (including phenoxy) is 1. The number of aromatic nitrogens is 7. The Morgan fingerprint density at radius 3 is 2.82 bits per heavy atom. The summed E-state index contributed by atoms with van der Waals surface area (Å²) in [6.45, 7) is 1.87. The first kappa shape index (κ1) is 16.8. The van der Waals surface area contributed by atoms with Gasteiger partial charge in [-0.05, 0) is 37.8 Å². The van der Waals surface area contributed by atoms with Gasteiger partial charge in [0.25, 0.3) is 0 Å². The number of fused-ring (bicyclic) bond motifs is 1. The number of hydrogen-bond acceptors (Lipinski definition) is 6. The van der Waals surface area contributed by atoms with Crippen molar-refractivity contribution in [3.8, 4) is 17.1 Å². The van der Waals surface area contributed by atoms with Crippen LogP contribution in [0.2, 0.25) is 0 Å². The van der Waals surface area contributed by atoms with Gasteiger partial charge in [0.15, 0.2) is 11.9 Å². The van der Waals surface area contributed by atoms with Crippen LogP contribution in [0, 0.1) is 5.82 Å². The Bertz CT molecular complexity index is 1120. The fourth-order valence-electron chi connectivity index (χ4n) is 3.37. The molecule has 0 saturated heterocycles. The Morgan fingerprint density at radius 1 is 1.25 bits per heavy atom. The van der Waals surface area contributed by atoms with Gasteiger partial charge in [-0.25, -0.2) is 18.6 Å².